The second kappa shape index (κ2) is 4.13. The highest BCUT2D eigenvalue weighted by atomic mass is 79.9. The van der Waals surface area contributed by atoms with Crippen LogP contribution in [0.1, 0.15) is 18.4 Å². The van der Waals surface area contributed by atoms with Gasteiger partial charge in [0.2, 0.25) is 0 Å². The number of amidine groups is 1. The molecule has 1 aliphatic rings. The van der Waals surface area contributed by atoms with Crippen molar-refractivity contribution in [3.05, 3.63) is 34.3 Å². The normalized spacial score (nSPS) is 17.4. The second-order valence-corrected chi connectivity index (χ2v) is 4.29. The molecular formula is C11H13BrN2. The topological polar surface area (TPSA) is 24.4 Å². The highest BCUT2D eigenvalue weighted by molar-refractivity contribution is 9.10. The number of rotatable bonds is 2. The van der Waals surface area contributed by atoms with Crippen molar-refractivity contribution < 1.29 is 0 Å². The molecule has 0 fully saturated rings. The fourth-order valence-corrected chi connectivity index (χ4v) is 2.31. The van der Waals surface area contributed by atoms with Crippen molar-refractivity contribution in [3.8, 4) is 0 Å². The van der Waals surface area contributed by atoms with E-state index in [0.717, 1.165) is 23.4 Å². The molecule has 2 rings (SSSR count). The summed E-state index contributed by atoms with van der Waals surface area (Å²) in [6.07, 6.45) is 0. The van der Waals surface area contributed by atoms with Crippen molar-refractivity contribution in [3.63, 3.8) is 0 Å². The highest BCUT2D eigenvalue weighted by Crippen LogP contribution is 2.25. The lowest BCUT2D eigenvalue weighted by molar-refractivity contribution is 0.916. The maximum Gasteiger partial charge on any atom is 0.104 e. The van der Waals surface area contributed by atoms with Crippen LogP contribution in [0, 0.1) is 0 Å². The first kappa shape index (κ1) is 9.71. The van der Waals surface area contributed by atoms with Gasteiger partial charge in [-0.15, -0.1) is 0 Å². The molecule has 1 aromatic carbocycles. The van der Waals surface area contributed by atoms with Gasteiger partial charge in [0.25, 0.3) is 0 Å². The van der Waals surface area contributed by atoms with Crippen LogP contribution in [0.25, 0.3) is 0 Å². The van der Waals surface area contributed by atoms with Gasteiger partial charge in [-0.1, -0.05) is 41.1 Å². The third kappa shape index (κ3) is 1.82. The Kier molecular flexibility index (Phi) is 2.87. The summed E-state index contributed by atoms with van der Waals surface area (Å²) in [5.74, 6) is 1.46. The molecule has 0 spiro atoms. The SMILES string of the molecule is CC(C1=NCCN1)c1ccccc1Br. The van der Waals surface area contributed by atoms with Gasteiger partial charge in [0, 0.05) is 16.9 Å². The lowest BCUT2D eigenvalue weighted by Crippen LogP contribution is -2.24. The minimum Gasteiger partial charge on any atom is -0.371 e. The molecule has 1 heterocycles. The molecule has 1 aromatic rings. The Labute approximate surface area is 92.6 Å². The Hall–Kier alpha value is -0.830. The van der Waals surface area contributed by atoms with E-state index in [4.69, 9.17) is 0 Å². The van der Waals surface area contributed by atoms with Gasteiger partial charge in [-0.3, -0.25) is 4.99 Å². The first-order valence-corrected chi connectivity index (χ1v) is 5.61. The zero-order chi connectivity index (χ0) is 9.97. The van der Waals surface area contributed by atoms with E-state index >= 15 is 0 Å². The van der Waals surface area contributed by atoms with E-state index in [2.05, 4.69) is 51.4 Å². The van der Waals surface area contributed by atoms with Gasteiger partial charge >= 0.3 is 0 Å². The van der Waals surface area contributed by atoms with Crippen molar-refractivity contribution in [1.82, 2.24) is 5.32 Å². The molecule has 0 aromatic heterocycles. The molecule has 0 radical (unpaired) electrons. The van der Waals surface area contributed by atoms with Gasteiger partial charge in [0.15, 0.2) is 0 Å². The molecule has 1 unspecified atom stereocenters. The zero-order valence-electron chi connectivity index (χ0n) is 8.13. The first-order valence-electron chi connectivity index (χ1n) is 4.81. The number of hydrogen-bond acceptors (Lipinski definition) is 2. The van der Waals surface area contributed by atoms with Crippen LogP contribution in [0.3, 0.4) is 0 Å². The average molecular weight is 253 g/mol. The highest BCUT2D eigenvalue weighted by Gasteiger charge is 2.17. The van der Waals surface area contributed by atoms with Crippen LogP contribution in [0.15, 0.2) is 33.7 Å². The quantitative estimate of drug-likeness (QED) is 0.860. The van der Waals surface area contributed by atoms with Crippen LogP contribution in [0.2, 0.25) is 0 Å². The van der Waals surface area contributed by atoms with E-state index in [1.54, 1.807) is 0 Å². The summed E-state index contributed by atoms with van der Waals surface area (Å²) in [5.41, 5.74) is 1.29. The van der Waals surface area contributed by atoms with Crippen LogP contribution in [0.4, 0.5) is 0 Å². The van der Waals surface area contributed by atoms with E-state index in [-0.39, 0.29) is 0 Å². The molecule has 0 bridgehead atoms. The Morgan fingerprint density at radius 1 is 1.43 bits per heavy atom. The Bertz CT molecular complexity index is 360. The lowest BCUT2D eigenvalue weighted by Gasteiger charge is -2.14. The predicted octanol–water partition coefficient (Wildman–Crippen LogP) is 2.55. The summed E-state index contributed by atoms with van der Waals surface area (Å²) in [7, 11) is 0. The largest absolute Gasteiger partial charge is 0.371 e. The molecule has 0 saturated carbocycles. The Balaban J connectivity index is 2.26. The number of hydrogen-bond donors (Lipinski definition) is 1. The maximum atomic E-state index is 4.44. The Morgan fingerprint density at radius 3 is 2.86 bits per heavy atom. The smallest absolute Gasteiger partial charge is 0.104 e. The van der Waals surface area contributed by atoms with E-state index < -0.39 is 0 Å². The van der Waals surface area contributed by atoms with Crippen molar-refractivity contribution in [2.75, 3.05) is 13.1 Å². The average Bonchev–Trinajstić information content (AvgIpc) is 2.70. The van der Waals surface area contributed by atoms with Gasteiger partial charge in [-0.25, -0.2) is 0 Å². The van der Waals surface area contributed by atoms with Crippen LogP contribution in [0.5, 0.6) is 0 Å². The summed E-state index contributed by atoms with van der Waals surface area (Å²) in [5, 5.41) is 3.31. The van der Waals surface area contributed by atoms with E-state index in [9.17, 15) is 0 Å². The fourth-order valence-electron chi connectivity index (χ4n) is 1.68. The van der Waals surface area contributed by atoms with Gasteiger partial charge in [0.05, 0.1) is 6.54 Å². The van der Waals surface area contributed by atoms with E-state index in [1.165, 1.54) is 5.56 Å². The summed E-state index contributed by atoms with van der Waals surface area (Å²) >= 11 is 3.56. The third-order valence-electron chi connectivity index (χ3n) is 2.48. The second-order valence-electron chi connectivity index (χ2n) is 3.44. The Morgan fingerprint density at radius 2 is 2.21 bits per heavy atom. The predicted molar refractivity (Wildman–Crippen MR) is 62.9 cm³/mol. The number of nitrogens with zero attached hydrogens (tertiary/aromatic N) is 1. The van der Waals surface area contributed by atoms with Crippen LogP contribution in [-0.4, -0.2) is 18.9 Å². The van der Waals surface area contributed by atoms with Gasteiger partial charge < -0.3 is 5.32 Å². The molecule has 2 nitrogen and oxygen atoms in total. The standard InChI is InChI=1S/C11H13BrN2/c1-8(11-13-6-7-14-11)9-4-2-3-5-10(9)12/h2-5,8H,6-7H2,1H3,(H,13,14). The third-order valence-corrected chi connectivity index (χ3v) is 3.20. The summed E-state index contributed by atoms with van der Waals surface area (Å²) in [6, 6.07) is 8.30. The molecular weight excluding hydrogens is 240 g/mol. The minimum absolute atomic E-state index is 0.355. The number of halogens is 1. The summed E-state index contributed by atoms with van der Waals surface area (Å²) in [4.78, 5) is 4.44. The molecule has 0 aliphatic carbocycles. The van der Waals surface area contributed by atoms with E-state index in [0.29, 0.717) is 5.92 Å². The van der Waals surface area contributed by atoms with Crippen LogP contribution in [-0.2, 0) is 0 Å². The molecule has 14 heavy (non-hydrogen) atoms. The van der Waals surface area contributed by atoms with Gasteiger partial charge in [-0.05, 0) is 11.6 Å². The van der Waals surface area contributed by atoms with Gasteiger partial charge in [-0.2, -0.15) is 0 Å². The lowest BCUT2D eigenvalue weighted by atomic mass is 10.0. The molecule has 0 saturated heterocycles. The molecule has 1 atom stereocenters. The van der Waals surface area contributed by atoms with Crippen molar-refractivity contribution in [2.24, 2.45) is 4.99 Å². The van der Waals surface area contributed by atoms with Crippen molar-refractivity contribution in [1.29, 1.82) is 0 Å². The monoisotopic (exact) mass is 252 g/mol. The molecule has 1 N–H and O–H groups in total. The summed E-state index contributed by atoms with van der Waals surface area (Å²) < 4.78 is 1.16. The molecule has 0 amide bonds. The summed E-state index contributed by atoms with van der Waals surface area (Å²) in [6.45, 7) is 4.06. The zero-order valence-corrected chi connectivity index (χ0v) is 9.71. The van der Waals surface area contributed by atoms with E-state index in [1.807, 2.05) is 6.07 Å². The van der Waals surface area contributed by atoms with Crippen molar-refractivity contribution >= 4 is 21.8 Å². The number of benzene rings is 1. The first-order chi connectivity index (χ1) is 6.79. The van der Waals surface area contributed by atoms with Gasteiger partial charge in [0.1, 0.15) is 5.84 Å². The fraction of sp³-hybridized carbons (Fsp3) is 0.364. The van der Waals surface area contributed by atoms with Crippen LogP contribution < -0.4 is 5.32 Å². The minimum atomic E-state index is 0.355. The molecule has 74 valence electrons. The molecule has 1 aliphatic heterocycles. The number of nitrogens with one attached hydrogen (secondary N) is 1. The van der Waals surface area contributed by atoms with Crippen molar-refractivity contribution in [2.45, 2.75) is 12.8 Å². The van der Waals surface area contributed by atoms with Crippen LogP contribution >= 0.6 is 15.9 Å². The maximum absolute atomic E-state index is 4.44. The molecule has 3 heteroatoms. The number of aliphatic imine (C=N–C) groups is 1.